The minimum Gasteiger partial charge on any atom is -0.366 e. The summed E-state index contributed by atoms with van der Waals surface area (Å²) in [6.07, 6.45) is 1.12. The van der Waals surface area contributed by atoms with E-state index in [1.807, 2.05) is 0 Å². The number of hydrogen-bond donors (Lipinski definition) is 1. The summed E-state index contributed by atoms with van der Waals surface area (Å²) in [4.78, 5) is 17.7. The number of rotatable bonds is 3. The topological polar surface area (TPSA) is 54.5 Å². The van der Waals surface area contributed by atoms with Crippen molar-refractivity contribution < 1.29 is 9.53 Å². The third-order valence-electron chi connectivity index (χ3n) is 3.02. The van der Waals surface area contributed by atoms with E-state index in [-0.39, 0.29) is 5.91 Å². The van der Waals surface area contributed by atoms with Gasteiger partial charge in [0.15, 0.2) is 0 Å². The summed E-state index contributed by atoms with van der Waals surface area (Å²) in [6.45, 7) is 2.31. The van der Waals surface area contributed by atoms with Crippen LogP contribution in [0.2, 0.25) is 10.2 Å². The molecule has 1 N–H and O–H groups in total. The Morgan fingerprint density at radius 2 is 2.42 bits per heavy atom. The van der Waals surface area contributed by atoms with Gasteiger partial charge in [0.25, 0.3) is 0 Å². The molecular weight excluding hydrogens is 289 g/mol. The van der Waals surface area contributed by atoms with E-state index in [9.17, 15) is 4.79 Å². The lowest BCUT2D eigenvalue weighted by Crippen LogP contribution is -2.48. The Bertz CT molecular complexity index is 450. The molecule has 104 valence electrons. The fourth-order valence-electron chi connectivity index (χ4n) is 1.98. The standard InChI is InChI=1S/C12H15Cl2N3O2/c1-15-12(18)10-7-17(4-5-19-10)6-8-9(13)2-3-16-11(8)14/h2-3,10H,4-7H2,1H3,(H,15,18). The maximum absolute atomic E-state index is 11.6. The number of amides is 1. The van der Waals surface area contributed by atoms with Crippen molar-refractivity contribution >= 4 is 29.1 Å². The van der Waals surface area contributed by atoms with Gasteiger partial charge in [-0.05, 0) is 6.07 Å². The second-order valence-corrected chi connectivity index (χ2v) is 5.04. The summed E-state index contributed by atoms with van der Waals surface area (Å²) in [5, 5.41) is 3.57. The number of morpholine rings is 1. The lowest BCUT2D eigenvalue weighted by Gasteiger charge is -2.32. The first-order valence-electron chi connectivity index (χ1n) is 5.96. The van der Waals surface area contributed by atoms with Crippen molar-refractivity contribution in [1.29, 1.82) is 0 Å². The van der Waals surface area contributed by atoms with E-state index in [1.165, 1.54) is 0 Å². The zero-order valence-electron chi connectivity index (χ0n) is 10.5. The van der Waals surface area contributed by atoms with Crippen molar-refractivity contribution in [3.05, 3.63) is 28.0 Å². The number of nitrogens with zero attached hydrogens (tertiary/aromatic N) is 2. The third-order valence-corrected chi connectivity index (χ3v) is 3.70. The van der Waals surface area contributed by atoms with Crippen molar-refractivity contribution in [2.75, 3.05) is 26.7 Å². The smallest absolute Gasteiger partial charge is 0.250 e. The largest absolute Gasteiger partial charge is 0.366 e. The summed E-state index contributed by atoms with van der Waals surface area (Å²) in [7, 11) is 1.60. The second-order valence-electron chi connectivity index (χ2n) is 4.27. The van der Waals surface area contributed by atoms with Gasteiger partial charge in [-0.3, -0.25) is 9.69 Å². The summed E-state index contributed by atoms with van der Waals surface area (Å²) in [6, 6.07) is 1.71. The normalized spacial score (nSPS) is 20.3. The first-order chi connectivity index (χ1) is 9.11. The summed E-state index contributed by atoms with van der Waals surface area (Å²) in [5.41, 5.74) is 0.781. The van der Waals surface area contributed by atoms with Crippen molar-refractivity contribution in [2.45, 2.75) is 12.6 Å². The quantitative estimate of drug-likeness (QED) is 0.856. The van der Waals surface area contributed by atoms with Crippen molar-refractivity contribution in [3.63, 3.8) is 0 Å². The van der Waals surface area contributed by atoms with Crippen LogP contribution in [0, 0.1) is 0 Å². The van der Waals surface area contributed by atoms with E-state index >= 15 is 0 Å². The minimum absolute atomic E-state index is 0.118. The Morgan fingerprint density at radius 1 is 1.63 bits per heavy atom. The monoisotopic (exact) mass is 303 g/mol. The van der Waals surface area contributed by atoms with E-state index in [1.54, 1.807) is 19.3 Å². The molecule has 0 radical (unpaired) electrons. The average molecular weight is 304 g/mol. The lowest BCUT2D eigenvalue weighted by molar-refractivity contribution is -0.138. The van der Waals surface area contributed by atoms with Gasteiger partial charge in [-0.15, -0.1) is 0 Å². The zero-order chi connectivity index (χ0) is 13.8. The molecule has 0 aliphatic carbocycles. The predicted molar refractivity (Wildman–Crippen MR) is 73.3 cm³/mol. The maximum atomic E-state index is 11.6. The van der Waals surface area contributed by atoms with Crippen LogP contribution in [-0.4, -0.2) is 48.6 Å². The summed E-state index contributed by atoms with van der Waals surface area (Å²) < 4.78 is 5.42. The van der Waals surface area contributed by atoms with E-state index in [4.69, 9.17) is 27.9 Å². The van der Waals surface area contributed by atoms with Crippen LogP contribution in [0.4, 0.5) is 0 Å². The second kappa shape index (κ2) is 6.52. The fourth-order valence-corrected chi connectivity index (χ4v) is 2.45. The highest BCUT2D eigenvalue weighted by molar-refractivity contribution is 6.35. The molecule has 0 spiro atoms. The maximum Gasteiger partial charge on any atom is 0.250 e. The molecule has 1 fully saturated rings. The van der Waals surface area contributed by atoms with Gasteiger partial charge in [-0.25, -0.2) is 4.98 Å². The van der Waals surface area contributed by atoms with Gasteiger partial charge < -0.3 is 10.1 Å². The first kappa shape index (κ1) is 14.5. The summed E-state index contributed by atoms with van der Waals surface area (Å²) >= 11 is 12.2. The Balaban J connectivity index is 2.05. The highest BCUT2D eigenvalue weighted by Gasteiger charge is 2.26. The molecular formula is C12H15Cl2N3O2. The Labute approximate surface area is 121 Å². The lowest BCUT2D eigenvalue weighted by atomic mass is 10.2. The summed E-state index contributed by atoms with van der Waals surface area (Å²) in [5.74, 6) is -0.118. The molecule has 1 amide bonds. The highest BCUT2D eigenvalue weighted by atomic mass is 35.5. The first-order valence-corrected chi connectivity index (χ1v) is 6.72. The number of pyridine rings is 1. The van der Waals surface area contributed by atoms with Crippen LogP contribution >= 0.6 is 23.2 Å². The Hall–Kier alpha value is -0.880. The number of carbonyl (C=O) groups is 1. The van der Waals surface area contributed by atoms with E-state index in [2.05, 4.69) is 15.2 Å². The molecule has 0 saturated carbocycles. The Morgan fingerprint density at radius 3 is 3.11 bits per heavy atom. The van der Waals surface area contributed by atoms with Gasteiger partial charge in [0.2, 0.25) is 5.91 Å². The fraction of sp³-hybridized carbons (Fsp3) is 0.500. The molecule has 2 rings (SSSR count). The average Bonchev–Trinajstić information content (AvgIpc) is 2.42. The number of carbonyl (C=O) groups excluding carboxylic acids is 1. The molecule has 1 aliphatic heterocycles. The molecule has 1 aliphatic rings. The number of likely N-dealkylation sites (N-methyl/N-ethyl adjacent to an activating group) is 1. The molecule has 7 heteroatoms. The van der Waals surface area contributed by atoms with Gasteiger partial charge in [0.1, 0.15) is 11.3 Å². The number of hydrogen-bond acceptors (Lipinski definition) is 4. The van der Waals surface area contributed by atoms with Crippen LogP contribution in [0.15, 0.2) is 12.3 Å². The van der Waals surface area contributed by atoms with E-state index in [0.29, 0.717) is 29.9 Å². The van der Waals surface area contributed by atoms with Gasteiger partial charge >= 0.3 is 0 Å². The third kappa shape index (κ3) is 3.57. The molecule has 1 atom stereocenters. The predicted octanol–water partition coefficient (Wildman–Crippen LogP) is 1.34. The molecule has 1 aromatic rings. The minimum atomic E-state index is -0.451. The van der Waals surface area contributed by atoms with Crippen molar-refractivity contribution in [1.82, 2.24) is 15.2 Å². The number of nitrogens with one attached hydrogen (secondary N) is 1. The Kier molecular flexibility index (Phi) is 4.99. The number of aromatic nitrogens is 1. The van der Waals surface area contributed by atoms with Crippen molar-refractivity contribution in [3.8, 4) is 0 Å². The van der Waals surface area contributed by atoms with Gasteiger partial charge in [-0.1, -0.05) is 23.2 Å². The van der Waals surface area contributed by atoms with E-state index in [0.717, 1.165) is 12.1 Å². The zero-order valence-corrected chi connectivity index (χ0v) is 12.0. The van der Waals surface area contributed by atoms with Crippen LogP contribution in [0.1, 0.15) is 5.56 Å². The molecule has 5 nitrogen and oxygen atoms in total. The van der Waals surface area contributed by atoms with Crippen molar-refractivity contribution in [2.24, 2.45) is 0 Å². The molecule has 19 heavy (non-hydrogen) atoms. The molecule has 0 bridgehead atoms. The van der Waals surface area contributed by atoms with Gasteiger partial charge in [-0.2, -0.15) is 0 Å². The van der Waals surface area contributed by atoms with Gasteiger partial charge in [0.05, 0.1) is 6.61 Å². The van der Waals surface area contributed by atoms with Crippen LogP contribution in [-0.2, 0) is 16.1 Å². The highest BCUT2D eigenvalue weighted by Crippen LogP contribution is 2.24. The number of ether oxygens (including phenoxy) is 1. The molecule has 0 aromatic carbocycles. The SMILES string of the molecule is CNC(=O)C1CN(Cc2c(Cl)ccnc2Cl)CCO1. The number of halogens is 2. The van der Waals surface area contributed by atoms with Crippen LogP contribution < -0.4 is 5.32 Å². The van der Waals surface area contributed by atoms with Crippen LogP contribution in [0.5, 0.6) is 0 Å². The van der Waals surface area contributed by atoms with Crippen LogP contribution in [0.25, 0.3) is 0 Å². The molecule has 1 unspecified atom stereocenters. The molecule has 1 saturated heterocycles. The van der Waals surface area contributed by atoms with Crippen LogP contribution in [0.3, 0.4) is 0 Å². The van der Waals surface area contributed by atoms with Gasteiger partial charge in [0, 0.05) is 43.5 Å². The van der Waals surface area contributed by atoms with E-state index < -0.39 is 6.10 Å². The molecule has 2 heterocycles. The molecule has 1 aromatic heterocycles.